The van der Waals surface area contributed by atoms with Gasteiger partial charge in [0.1, 0.15) is 0 Å². The Balaban J connectivity index is 0.00000300. The number of hydrogen-bond acceptors (Lipinski definition) is 4. The van der Waals surface area contributed by atoms with E-state index in [9.17, 15) is 0 Å². The Morgan fingerprint density at radius 1 is 1.17 bits per heavy atom. The molecule has 2 N–H and O–H groups in total. The molecule has 8 heteroatoms. The standard InChI is InChI=1S/C21H28ClN5O.HI/c1-2-23-21(25-15-17-7-5-6-10-24-17)26-16-20(27-11-13-28-14-12-27)18-8-3-4-9-19(18)22;/h3-10,20H,2,11-16H2,1H3,(H2,23,25,26);1H. The first-order chi connectivity index (χ1) is 13.8. The number of aromatic nitrogens is 1. The maximum Gasteiger partial charge on any atom is 0.191 e. The molecule has 158 valence electrons. The van der Waals surface area contributed by atoms with Crippen LogP contribution >= 0.6 is 35.6 Å². The highest BCUT2D eigenvalue weighted by Crippen LogP contribution is 2.27. The molecule has 1 saturated heterocycles. The number of rotatable bonds is 7. The summed E-state index contributed by atoms with van der Waals surface area (Å²) in [7, 11) is 0. The van der Waals surface area contributed by atoms with E-state index in [0.717, 1.165) is 55.1 Å². The highest BCUT2D eigenvalue weighted by Gasteiger charge is 2.24. The maximum absolute atomic E-state index is 6.52. The monoisotopic (exact) mass is 529 g/mol. The van der Waals surface area contributed by atoms with Crippen LogP contribution in [0.2, 0.25) is 5.02 Å². The summed E-state index contributed by atoms with van der Waals surface area (Å²) in [5.74, 6) is 0.776. The molecule has 0 aliphatic carbocycles. The van der Waals surface area contributed by atoms with Crippen LogP contribution in [0.4, 0.5) is 0 Å². The van der Waals surface area contributed by atoms with E-state index in [-0.39, 0.29) is 30.0 Å². The Morgan fingerprint density at radius 2 is 1.93 bits per heavy atom. The predicted octanol–water partition coefficient (Wildman–Crippen LogP) is 3.48. The molecule has 29 heavy (non-hydrogen) atoms. The van der Waals surface area contributed by atoms with Crippen LogP contribution in [0.5, 0.6) is 0 Å². The second-order valence-electron chi connectivity index (χ2n) is 6.58. The first-order valence-electron chi connectivity index (χ1n) is 9.76. The zero-order valence-corrected chi connectivity index (χ0v) is 19.8. The Bertz CT molecular complexity index is 756. The van der Waals surface area contributed by atoms with Crippen molar-refractivity contribution >= 4 is 41.5 Å². The third kappa shape index (κ3) is 7.40. The fourth-order valence-electron chi connectivity index (χ4n) is 3.26. The summed E-state index contributed by atoms with van der Waals surface area (Å²) in [4.78, 5) is 11.4. The number of hydrogen-bond donors (Lipinski definition) is 2. The fraction of sp³-hybridized carbons (Fsp3) is 0.429. The topological polar surface area (TPSA) is 61.8 Å². The van der Waals surface area contributed by atoms with Crippen molar-refractivity contribution in [3.8, 4) is 0 Å². The summed E-state index contributed by atoms with van der Waals surface area (Å²) in [5.41, 5.74) is 2.06. The van der Waals surface area contributed by atoms with E-state index in [4.69, 9.17) is 16.3 Å². The maximum atomic E-state index is 6.52. The minimum atomic E-state index is 0. The number of aliphatic imine (C=N–C) groups is 1. The van der Waals surface area contributed by atoms with Crippen molar-refractivity contribution in [1.82, 2.24) is 20.5 Å². The van der Waals surface area contributed by atoms with Crippen LogP contribution in [-0.2, 0) is 11.3 Å². The van der Waals surface area contributed by atoms with Crippen molar-refractivity contribution in [1.29, 1.82) is 0 Å². The minimum absolute atomic E-state index is 0. The predicted molar refractivity (Wildman–Crippen MR) is 129 cm³/mol. The summed E-state index contributed by atoms with van der Waals surface area (Å²) in [6.07, 6.45) is 1.79. The van der Waals surface area contributed by atoms with Gasteiger partial charge in [0, 0.05) is 37.4 Å². The van der Waals surface area contributed by atoms with E-state index in [1.54, 1.807) is 6.20 Å². The third-order valence-electron chi connectivity index (χ3n) is 4.68. The quantitative estimate of drug-likeness (QED) is 0.327. The normalized spacial score (nSPS) is 16.0. The molecule has 1 unspecified atom stereocenters. The van der Waals surface area contributed by atoms with Crippen molar-refractivity contribution in [2.24, 2.45) is 4.99 Å². The molecule has 1 aliphatic rings. The zero-order valence-electron chi connectivity index (χ0n) is 16.7. The molecule has 0 radical (unpaired) electrons. The largest absolute Gasteiger partial charge is 0.379 e. The average molecular weight is 530 g/mol. The van der Waals surface area contributed by atoms with E-state index in [0.29, 0.717) is 13.1 Å². The number of morpholine rings is 1. The summed E-state index contributed by atoms with van der Waals surface area (Å²) < 4.78 is 5.53. The van der Waals surface area contributed by atoms with Crippen LogP contribution in [0.3, 0.4) is 0 Å². The Hall–Kier alpha value is -1.42. The molecule has 6 nitrogen and oxygen atoms in total. The number of halogens is 2. The van der Waals surface area contributed by atoms with Gasteiger partial charge in [-0.2, -0.15) is 0 Å². The first-order valence-corrected chi connectivity index (χ1v) is 10.1. The van der Waals surface area contributed by atoms with Gasteiger partial charge in [-0.25, -0.2) is 4.99 Å². The zero-order chi connectivity index (χ0) is 19.6. The summed E-state index contributed by atoms with van der Waals surface area (Å²) in [6.45, 7) is 7.36. The van der Waals surface area contributed by atoms with Crippen molar-refractivity contribution in [2.75, 3.05) is 39.4 Å². The molecule has 1 atom stereocenters. The molecule has 2 heterocycles. The van der Waals surface area contributed by atoms with Crippen molar-refractivity contribution < 1.29 is 4.74 Å². The van der Waals surface area contributed by atoms with Crippen molar-refractivity contribution in [3.63, 3.8) is 0 Å². The van der Waals surface area contributed by atoms with Gasteiger partial charge in [0.15, 0.2) is 5.96 Å². The molecule has 0 bridgehead atoms. The third-order valence-corrected chi connectivity index (χ3v) is 5.03. The van der Waals surface area contributed by atoms with Gasteiger partial charge in [-0.15, -0.1) is 24.0 Å². The number of ether oxygens (including phenoxy) is 1. The molecule has 0 spiro atoms. The van der Waals surface area contributed by atoms with Gasteiger partial charge < -0.3 is 15.4 Å². The molecular weight excluding hydrogens is 501 g/mol. The molecule has 0 saturated carbocycles. The van der Waals surface area contributed by atoms with Crippen LogP contribution < -0.4 is 10.6 Å². The highest BCUT2D eigenvalue weighted by molar-refractivity contribution is 14.0. The smallest absolute Gasteiger partial charge is 0.191 e. The summed E-state index contributed by atoms with van der Waals surface area (Å²) in [6, 6.07) is 14.1. The van der Waals surface area contributed by atoms with Crippen molar-refractivity contribution in [3.05, 3.63) is 64.9 Å². The van der Waals surface area contributed by atoms with Crippen LogP contribution in [0.15, 0.2) is 53.7 Å². The van der Waals surface area contributed by atoms with Gasteiger partial charge in [-0.05, 0) is 30.7 Å². The molecule has 1 aromatic carbocycles. The fourth-order valence-corrected chi connectivity index (χ4v) is 3.52. The van der Waals surface area contributed by atoms with Crippen molar-refractivity contribution in [2.45, 2.75) is 19.5 Å². The lowest BCUT2D eigenvalue weighted by molar-refractivity contribution is 0.0170. The minimum Gasteiger partial charge on any atom is -0.379 e. The van der Waals surface area contributed by atoms with E-state index in [1.807, 2.05) is 36.4 Å². The second-order valence-corrected chi connectivity index (χ2v) is 6.99. The molecule has 1 aliphatic heterocycles. The van der Waals surface area contributed by atoms with Gasteiger partial charge in [0.2, 0.25) is 0 Å². The Morgan fingerprint density at radius 3 is 2.62 bits per heavy atom. The summed E-state index contributed by atoms with van der Waals surface area (Å²) >= 11 is 6.52. The summed E-state index contributed by atoms with van der Waals surface area (Å²) in [5, 5.41) is 7.58. The number of nitrogens with one attached hydrogen (secondary N) is 2. The Labute approximate surface area is 195 Å². The lowest BCUT2D eigenvalue weighted by Crippen LogP contribution is -2.46. The van der Waals surface area contributed by atoms with E-state index >= 15 is 0 Å². The lowest BCUT2D eigenvalue weighted by atomic mass is 10.0. The van der Waals surface area contributed by atoms with Gasteiger partial charge >= 0.3 is 0 Å². The molecule has 1 aromatic heterocycles. The number of benzene rings is 1. The molecule has 3 rings (SSSR count). The molecule has 1 fully saturated rings. The lowest BCUT2D eigenvalue weighted by Gasteiger charge is -2.35. The molecule has 0 amide bonds. The SMILES string of the molecule is CCNC(=NCc1ccccn1)NCC(c1ccccc1Cl)N1CCOCC1.I. The van der Waals surface area contributed by atoms with Crippen LogP contribution in [0, 0.1) is 0 Å². The number of nitrogens with zero attached hydrogens (tertiary/aromatic N) is 3. The van der Waals surface area contributed by atoms with E-state index in [1.165, 1.54) is 0 Å². The van der Waals surface area contributed by atoms with Gasteiger partial charge in [-0.1, -0.05) is 35.9 Å². The molecular formula is C21H29ClIN5O. The van der Waals surface area contributed by atoms with E-state index in [2.05, 4.69) is 38.5 Å². The van der Waals surface area contributed by atoms with Crippen LogP contribution in [0.25, 0.3) is 0 Å². The second kappa shape index (κ2) is 13.0. The average Bonchev–Trinajstić information content (AvgIpc) is 2.75. The van der Waals surface area contributed by atoms with E-state index < -0.39 is 0 Å². The van der Waals surface area contributed by atoms with Gasteiger partial charge in [0.25, 0.3) is 0 Å². The van der Waals surface area contributed by atoms with Gasteiger partial charge in [0.05, 0.1) is 31.5 Å². The van der Waals surface area contributed by atoms with Gasteiger partial charge in [-0.3, -0.25) is 9.88 Å². The van der Waals surface area contributed by atoms with Crippen LogP contribution in [-0.4, -0.2) is 55.2 Å². The highest BCUT2D eigenvalue weighted by atomic mass is 127. The first kappa shape index (κ1) is 23.9. The Kier molecular flexibility index (Phi) is 10.7. The van der Waals surface area contributed by atoms with Crippen LogP contribution in [0.1, 0.15) is 24.2 Å². The number of pyridine rings is 1. The number of guanidine groups is 1. The molecule has 2 aromatic rings.